The maximum absolute atomic E-state index is 15.8. The van der Waals surface area contributed by atoms with Crippen molar-refractivity contribution in [2.45, 2.75) is 56.0 Å². The van der Waals surface area contributed by atoms with Crippen molar-refractivity contribution in [3.05, 3.63) is 33.9 Å². The Balaban J connectivity index is 1.31. The first kappa shape index (κ1) is 33.5. The van der Waals surface area contributed by atoms with E-state index in [1.54, 1.807) is 4.57 Å². The van der Waals surface area contributed by atoms with Crippen LogP contribution in [0.1, 0.15) is 54.9 Å². The smallest absolute Gasteiger partial charge is 0.344 e. The number of aromatic nitrogens is 1. The summed E-state index contributed by atoms with van der Waals surface area (Å²) in [6, 6.07) is 1.30. The van der Waals surface area contributed by atoms with Crippen LogP contribution in [0.15, 0.2) is 17.1 Å². The predicted octanol–water partition coefficient (Wildman–Crippen LogP) is 1.41. The lowest BCUT2D eigenvalue weighted by molar-refractivity contribution is -0.124. The van der Waals surface area contributed by atoms with Crippen molar-refractivity contribution in [1.82, 2.24) is 15.2 Å². The topological polar surface area (TPSA) is 217 Å². The molecule has 18 heteroatoms. The summed E-state index contributed by atoms with van der Waals surface area (Å²) in [5.74, 6) is -1.98. The molecule has 1 saturated carbocycles. The van der Waals surface area contributed by atoms with E-state index in [0.717, 1.165) is 38.3 Å². The summed E-state index contributed by atoms with van der Waals surface area (Å²) in [5.41, 5.74) is -0.523. The van der Waals surface area contributed by atoms with Gasteiger partial charge < -0.3 is 49.1 Å². The van der Waals surface area contributed by atoms with Crippen LogP contribution < -0.4 is 25.7 Å². The van der Waals surface area contributed by atoms with Crippen molar-refractivity contribution >= 4 is 43.7 Å². The molecule has 1 aromatic carbocycles. The summed E-state index contributed by atoms with van der Waals surface area (Å²) in [5, 5.41) is 3.57. The summed E-state index contributed by atoms with van der Waals surface area (Å²) >= 11 is 0. The molecule has 3 heterocycles. The van der Waals surface area contributed by atoms with Crippen LogP contribution in [0.3, 0.4) is 0 Å². The van der Waals surface area contributed by atoms with Crippen LogP contribution in [-0.4, -0.2) is 87.4 Å². The van der Waals surface area contributed by atoms with Crippen LogP contribution in [-0.2, 0) is 18.7 Å². The number of esters is 1. The van der Waals surface area contributed by atoms with E-state index in [1.807, 2.05) is 4.90 Å². The van der Waals surface area contributed by atoms with Crippen LogP contribution in [0.25, 0.3) is 10.9 Å². The summed E-state index contributed by atoms with van der Waals surface area (Å²) in [6.07, 6.45) is 4.23. The molecule has 2 aliphatic heterocycles. The second kappa shape index (κ2) is 13.1. The molecule has 15 nitrogen and oxygen atoms in total. The number of pyridine rings is 1. The third kappa shape index (κ3) is 7.27. The van der Waals surface area contributed by atoms with Crippen molar-refractivity contribution in [3.8, 4) is 5.75 Å². The first-order valence-electron chi connectivity index (χ1n) is 14.7. The SMILES string of the molecule is COc1c(N2CC3CCCNC3C2)c(F)cc2c(=O)c(C(=O)OCC(=O)NCCCC(P(=O)(O)O)P(=O)(O)O)cn(C3CC3)c12. The number of anilines is 1. The van der Waals surface area contributed by atoms with E-state index in [4.69, 9.17) is 9.47 Å². The molecule has 3 fully saturated rings. The Hall–Kier alpha value is -2.84. The number of carbonyl (C=O) groups is 2. The monoisotopic (exact) mass is 674 g/mol. The van der Waals surface area contributed by atoms with Gasteiger partial charge in [-0.25, -0.2) is 9.18 Å². The number of benzene rings is 1. The van der Waals surface area contributed by atoms with Crippen LogP contribution in [0.4, 0.5) is 10.1 Å². The summed E-state index contributed by atoms with van der Waals surface area (Å²) < 4.78 is 51.1. The lowest BCUT2D eigenvalue weighted by Gasteiger charge is -2.25. The maximum atomic E-state index is 15.8. The fourth-order valence-electron chi connectivity index (χ4n) is 6.25. The molecule has 6 N–H and O–H groups in total. The Labute approximate surface area is 257 Å². The average molecular weight is 675 g/mol. The molecule has 0 spiro atoms. The van der Waals surface area contributed by atoms with Gasteiger partial charge in [0.05, 0.1) is 18.0 Å². The highest BCUT2D eigenvalue weighted by Gasteiger charge is 2.42. The normalized spacial score (nSPS) is 20.4. The molecule has 1 amide bonds. The molecule has 2 unspecified atom stereocenters. The van der Waals surface area contributed by atoms with Crippen molar-refractivity contribution < 1.29 is 52.2 Å². The molecule has 0 radical (unpaired) electrons. The van der Waals surface area contributed by atoms with E-state index in [-0.39, 0.29) is 47.4 Å². The van der Waals surface area contributed by atoms with Gasteiger partial charge in [-0.15, -0.1) is 0 Å². The zero-order valence-electron chi connectivity index (χ0n) is 24.6. The number of piperidine rings is 1. The molecule has 5 rings (SSSR count). The third-order valence-electron chi connectivity index (χ3n) is 8.55. The number of ether oxygens (including phenoxy) is 2. The number of hydrogen-bond acceptors (Lipinski definition) is 9. The van der Waals surface area contributed by atoms with Crippen molar-refractivity contribution in [1.29, 1.82) is 0 Å². The highest BCUT2D eigenvalue weighted by Crippen LogP contribution is 2.61. The third-order valence-corrected chi connectivity index (χ3v) is 12.4. The fourth-order valence-corrected chi connectivity index (χ4v) is 8.86. The second-order valence-corrected chi connectivity index (χ2v) is 15.8. The number of rotatable bonds is 12. The van der Waals surface area contributed by atoms with Crippen molar-refractivity contribution in [3.63, 3.8) is 0 Å². The zero-order valence-corrected chi connectivity index (χ0v) is 26.3. The molecule has 0 bridgehead atoms. The van der Waals surface area contributed by atoms with Gasteiger partial charge in [0.2, 0.25) is 5.43 Å². The second-order valence-electron chi connectivity index (χ2n) is 11.7. The van der Waals surface area contributed by atoms with Gasteiger partial charge in [-0.1, -0.05) is 0 Å². The van der Waals surface area contributed by atoms with Gasteiger partial charge in [0.1, 0.15) is 11.3 Å². The minimum absolute atomic E-state index is 0.0527. The molecule has 45 heavy (non-hydrogen) atoms. The number of nitrogens with zero attached hydrogens (tertiary/aromatic N) is 2. The molecular formula is C27H37FN4O11P2. The average Bonchev–Trinajstić information content (AvgIpc) is 3.72. The van der Waals surface area contributed by atoms with Crippen molar-refractivity contribution in [2.75, 3.05) is 44.8 Å². The zero-order chi connectivity index (χ0) is 32.7. The van der Waals surface area contributed by atoms with E-state index in [0.29, 0.717) is 24.5 Å². The molecule has 248 valence electrons. The predicted molar refractivity (Wildman–Crippen MR) is 160 cm³/mol. The fraction of sp³-hybridized carbons (Fsp3) is 0.593. The molecule has 3 aliphatic rings. The number of amides is 1. The van der Waals surface area contributed by atoms with Crippen LogP contribution in [0.2, 0.25) is 0 Å². The largest absolute Gasteiger partial charge is 0.492 e. The lowest BCUT2D eigenvalue weighted by Crippen LogP contribution is -2.40. The van der Waals surface area contributed by atoms with Gasteiger partial charge in [-0.3, -0.25) is 18.7 Å². The van der Waals surface area contributed by atoms with E-state index in [9.17, 15) is 43.1 Å². The van der Waals surface area contributed by atoms with Gasteiger partial charge >= 0.3 is 21.2 Å². The van der Waals surface area contributed by atoms with E-state index in [2.05, 4.69) is 10.6 Å². The minimum atomic E-state index is -5.09. The van der Waals surface area contributed by atoms with E-state index in [1.165, 1.54) is 13.3 Å². The van der Waals surface area contributed by atoms with Crippen LogP contribution in [0, 0.1) is 11.7 Å². The Kier molecular flexibility index (Phi) is 9.77. The molecule has 2 atom stereocenters. The number of nitrogens with one attached hydrogen (secondary N) is 2. The Bertz CT molecular complexity index is 1600. The number of halogens is 1. The first-order valence-corrected chi connectivity index (χ1v) is 18.0. The number of fused-ring (bicyclic) bond motifs is 2. The minimum Gasteiger partial charge on any atom is -0.492 e. The van der Waals surface area contributed by atoms with Crippen LogP contribution in [0.5, 0.6) is 5.75 Å². The molecule has 1 aromatic heterocycles. The summed E-state index contributed by atoms with van der Waals surface area (Å²) in [6.45, 7) is 1.13. The number of hydrogen-bond donors (Lipinski definition) is 6. The van der Waals surface area contributed by atoms with Gasteiger partial charge in [0.25, 0.3) is 5.91 Å². The highest BCUT2D eigenvalue weighted by molar-refractivity contribution is 7.70. The lowest BCUT2D eigenvalue weighted by atomic mass is 9.94. The quantitative estimate of drug-likeness (QED) is 0.107. The molecular weight excluding hydrogens is 637 g/mol. The first-order chi connectivity index (χ1) is 21.2. The Morgan fingerprint density at radius 1 is 1.16 bits per heavy atom. The standard InChI is InChI=1S/C27H37FN4O11P2/c1-42-26-23-17(10-19(28)24(26)31-11-15-4-2-8-29-20(15)13-31)25(34)18(12-32(23)16-6-7-16)27(35)43-14-21(33)30-9-3-5-22(44(36,37)38)45(39,40)41/h10,12,15-16,20,22,29H,2-9,11,13-14H2,1H3,(H,30,33)(H2,36,37,38)(H2,39,40,41). The Morgan fingerprint density at radius 2 is 1.87 bits per heavy atom. The van der Waals surface area contributed by atoms with Gasteiger partial charge in [-0.2, -0.15) is 0 Å². The summed E-state index contributed by atoms with van der Waals surface area (Å²) in [4.78, 5) is 77.4. The van der Waals surface area contributed by atoms with Crippen LogP contribution >= 0.6 is 15.2 Å². The highest BCUT2D eigenvalue weighted by atomic mass is 31.2. The van der Waals surface area contributed by atoms with E-state index >= 15 is 4.39 Å². The van der Waals surface area contributed by atoms with Crippen molar-refractivity contribution in [2.24, 2.45) is 5.92 Å². The molecule has 2 aromatic rings. The van der Waals surface area contributed by atoms with Gasteiger partial charge in [-0.05, 0) is 57.1 Å². The van der Waals surface area contributed by atoms with Gasteiger partial charge in [0.15, 0.2) is 23.6 Å². The number of carbonyl (C=O) groups excluding carboxylic acids is 2. The maximum Gasteiger partial charge on any atom is 0.344 e. The molecule has 1 aliphatic carbocycles. The Morgan fingerprint density at radius 3 is 2.49 bits per heavy atom. The van der Waals surface area contributed by atoms with E-state index < -0.39 is 56.7 Å². The molecule has 2 saturated heterocycles. The van der Waals surface area contributed by atoms with Gasteiger partial charge in [0, 0.05) is 37.9 Å². The summed E-state index contributed by atoms with van der Waals surface area (Å²) in [7, 11) is -8.76. The number of methoxy groups -OCH3 is 1.